The third-order valence-corrected chi connectivity index (χ3v) is 3.32. The Morgan fingerprint density at radius 3 is 2.54 bits per heavy atom. The largest absolute Gasteiger partial charge is 0.619 e. The van der Waals surface area contributed by atoms with Crippen LogP contribution < -0.4 is 4.73 Å². The highest BCUT2D eigenvalue weighted by molar-refractivity contribution is 5.60. The first-order valence-electron chi connectivity index (χ1n) is 7.39. The predicted molar refractivity (Wildman–Crippen MR) is 85.5 cm³/mol. The van der Waals surface area contributed by atoms with Crippen LogP contribution in [0.3, 0.4) is 0 Å². The van der Waals surface area contributed by atoms with Gasteiger partial charge in [-0.3, -0.25) is 4.98 Å². The van der Waals surface area contributed by atoms with Crippen LogP contribution in [0.1, 0.15) is 0 Å². The molecule has 124 valence electrons. The molecule has 3 aromatic heterocycles. The average Bonchev–Trinajstić information content (AvgIpc) is 3.04. The molecule has 24 heavy (non-hydrogen) atoms. The fourth-order valence-corrected chi connectivity index (χ4v) is 2.12. The van der Waals surface area contributed by atoms with Gasteiger partial charge in [0, 0.05) is 42.8 Å². The highest BCUT2D eigenvalue weighted by Crippen LogP contribution is 2.21. The summed E-state index contributed by atoms with van der Waals surface area (Å²) >= 11 is 0. The first-order valence-corrected chi connectivity index (χ1v) is 7.39. The Bertz CT molecular complexity index is 774. The lowest BCUT2D eigenvalue weighted by Crippen LogP contribution is -2.23. The third-order valence-electron chi connectivity index (χ3n) is 3.32. The summed E-state index contributed by atoms with van der Waals surface area (Å²) < 4.78 is 12.9. The van der Waals surface area contributed by atoms with Gasteiger partial charge in [-0.1, -0.05) is 0 Å². The van der Waals surface area contributed by atoms with Gasteiger partial charge in [-0.05, 0) is 12.1 Å². The Kier molecular flexibility index (Phi) is 5.09. The van der Waals surface area contributed by atoms with Crippen LogP contribution in [-0.4, -0.2) is 40.1 Å². The van der Waals surface area contributed by atoms with E-state index in [0.717, 1.165) is 15.9 Å². The first kappa shape index (κ1) is 16.0. The summed E-state index contributed by atoms with van der Waals surface area (Å²) in [6.45, 7) is 1.20. The van der Waals surface area contributed by atoms with E-state index in [9.17, 15) is 5.21 Å². The number of hydrogen-bond acceptors (Lipinski definition) is 6. The maximum atomic E-state index is 11.2. The summed E-state index contributed by atoms with van der Waals surface area (Å²) in [5.74, 6) is 1.20. The molecule has 8 nitrogen and oxygen atoms in total. The van der Waals surface area contributed by atoms with E-state index < -0.39 is 0 Å². The summed E-state index contributed by atoms with van der Waals surface area (Å²) in [6.07, 6.45) is 6.22. The van der Waals surface area contributed by atoms with Crippen molar-refractivity contribution in [1.29, 1.82) is 0 Å². The zero-order valence-corrected chi connectivity index (χ0v) is 13.2. The molecule has 0 aromatic carbocycles. The molecule has 0 aliphatic carbocycles. The van der Waals surface area contributed by atoms with Gasteiger partial charge >= 0.3 is 0 Å². The molecule has 0 radical (unpaired) electrons. The number of methoxy groups -OCH3 is 1. The molecule has 0 atom stereocenters. The van der Waals surface area contributed by atoms with Gasteiger partial charge < -0.3 is 14.7 Å². The fourth-order valence-electron chi connectivity index (χ4n) is 2.12. The van der Waals surface area contributed by atoms with Gasteiger partial charge in [-0.25, -0.2) is 9.67 Å². The number of ether oxygens (including phenoxy) is 2. The van der Waals surface area contributed by atoms with E-state index >= 15 is 0 Å². The van der Waals surface area contributed by atoms with Crippen LogP contribution in [0, 0.1) is 5.21 Å². The van der Waals surface area contributed by atoms with E-state index in [0.29, 0.717) is 24.9 Å². The van der Waals surface area contributed by atoms with Crippen molar-refractivity contribution in [2.45, 2.75) is 6.73 Å². The van der Waals surface area contributed by atoms with Crippen molar-refractivity contribution < 1.29 is 14.2 Å². The van der Waals surface area contributed by atoms with Crippen molar-refractivity contribution in [2.24, 2.45) is 0 Å². The standard InChI is InChI=1S/C16H17N5O3/c1-23-10-11-24-12-21-16(14-4-8-20(22)9-5-14)18-15(19-21)13-2-6-17-7-3-13/h2-9H,10-12H2,1H3. The SMILES string of the molecule is COCCOCn1nc(-c2ccncc2)nc1-c1cc[n+]([O-])cc1. The van der Waals surface area contributed by atoms with Crippen molar-refractivity contribution >= 4 is 0 Å². The number of aromatic nitrogens is 5. The fraction of sp³-hybridized carbons (Fsp3) is 0.250. The number of pyridine rings is 2. The molecule has 0 fully saturated rings. The molecule has 0 unspecified atom stereocenters. The number of rotatable bonds is 7. The maximum Gasteiger partial charge on any atom is 0.181 e. The second-order valence-electron chi connectivity index (χ2n) is 4.97. The Labute approximate surface area is 138 Å². The lowest BCUT2D eigenvalue weighted by molar-refractivity contribution is -0.605. The monoisotopic (exact) mass is 327 g/mol. The Morgan fingerprint density at radius 2 is 1.83 bits per heavy atom. The van der Waals surface area contributed by atoms with Crippen molar-refractivity contribution in [3.05, 3.63) is 54.3 Å². The molecular weight excluding hydrogens is 310 g/mol. The lowest BCUT2D eigenvalue weighted by Gasteiger charge is -2.06. The molecule has 0 aliphatic rings. The van der Waals surface area contributed by atoms with E-state index in [4.69, 9.17) is 9.47 Å². The summed E-state index contributed by atoms with van der Waals surface area (Å²) in [4.78, 5) is 8.58. The Hall–Kier alpha value is -2.84. The van der Waals surface area contributed by atoms with Crippen molar-refractivity contribution in [2.75, 3.05) is 20.3 Å². The van der Waals surface area contributed by atoms with Crippen molar-refractivity contribution in [3.63, 3.8) is 0 Å². The second kappa shape index (κ2) is 7.62. The van der Waals surface area contributed by atoms with E-state index in [1.165, 1.54) is 12.4 Å². The molecule has 3 rings (SSSR count). The van der Waals surface area contributed by atoms with Crippen LogP contribution in [0.2, 0.25) is 0 Å². The van der Waals surface area contributed by atoms with E-state index in [2.05, 4.69) is 15.1 Å². The van der Waals surface area contributed by atoms with Crippen LogP contribution in [-0.2, 0) is 16.2 Å². The molecule has 0 aliphatic heterocycles. The van der Waals surface area contributed by atoms with Crippen LogP contribution in [0.5, 0.6) is 0 Å². The Morgan fingerprint density at radius 1 is 1.08 bits per heavy atom. The van der Waals surface area contributed by atoms with Crippen LogP contribution in [0.25, 0.3) is 22.8 Å². The zero-order valence-electron chi connectivity index (χ0n) is 13.2. The van der Waals surface area contributed by atoms with Gasteiger partial charge in [0.15, 0.2) is 24.0 Å². The second-order valence-corrected chi connectivity index (χ2v) is 4.97. The minimum absolute atomic E-state index is 0.239. The number of nitrogens with zero attached hydrogens (tertiary/aromatic N) is 5. The molecular formula is C16H17N5O3. The van der Waals surface area contributed by atoms with Crippen LogP contribution in [0.4, 0.5) is 0 Å². The van der Waals surface area contributed by atoms with Crippen LogP contribution >= 0.6 is 0 Å². The third kappa shape index (κ3) is 3.73. The highest BCUT2D eigenvalue weighted by Gasteiger charge is 2.14. The summed E-state index contributed by atoms with van der Waals surface area (Å²) in [5.41, 5.74) is 1.64. The summed E-state index contributed by atoms with van der Waals surface area (Å²) in [7, 11) is 1.62. The molecule has 8 heteroatoms. The van der Waals surface area contributed by atoms with Gasteiger partial charge in [-0.15, -0.1) is 5.10 Å². The van der Waals surface area contributed by atoms with E-state index in [1.54, 1.807) is 36.3 Å². The average molecular weight is 327 g/mol. The molecule has 0 N–H and O–H groups in total. The van der Waals surface area contributed by atoms with Crippen molar-refractivity contribution in [1.82, 2.24) is 19.7 Å². The van der Waals surface area contributed by atoms with E-state index in [1.807, 2.05) is 12.1 Å². The smallest absolute Gasteiger partial charge is 0.181 e. The van der Waals surface area contributed by atoms with Gasteiger partial charge in [-0.2, -0.15) is 4.73 Å². The maximum absolute atomic E-state index is 11.2. The van der Waals surface area contributed by atoms with Gasteiger partial charge in [0.25, 0.3) is 0 Å². The van der Waals surface area contributed by atoms with Gasteiger partial charge in [0.05, 0.1) is 13.2 Å². The first-order chi connectivity index (χ1) is 11.8. The molecule has 0 saturated carbocycles. The van der Waals surface area contributed by atoms with Gasteiger partial charge in [0.2, 0.25) is 0 Å². The molecule has 0 bridgehead atoms. The molecule has 0 saturated heterocycles. The molecule has 3 heterocycles. The highest BCUT2D eigenvalue weighted by atomic mass is 16.5. The minimum Gasteiger partial charge on any atom is -0.619 e. The number of hydrogen-bond donors (Lipinski definition) is 0. The molecule has 0 spiro atoms. The quantitative estimate of drug-likeness (QED) is 0.369. The summed E-state index contributed by atoms with van der Waals surface area (Å²) in [6, 6.07) is 7.07. The lowest BCUT2D eigenvalue weighted by atomic mass is 10.2. The topological polar surface area (TPSA) is 89.0 Å². The van der Waals surface area contributed by atoms with Gasteiger partial charge in [0.1, 0.15) is 6.73 Å². The molecule has 3 aromatic rings. The van der Waals surface area contributed by atoms with Crippen molar-refractivity contribution in [3.8, 4) is 22.8 Å². The summed E-state index contributed by atoms with van der Waals surface area (Å²) in [5, 5.41) is 15.7. The minimum atomic E-state index is 0.239. The molecule has 0 amide bonds. The Balaban J connectivity index is 1.92. The zero-order chi connectivity index (χ0) is 16.8. The normalized spacial score (nSPS) is 10.9. The predicted octanol–water partition coefficient (Wildman–Crippen LogP) is 1.26. The van der Waals surface area contributed by atoms with E-state index in [-0.39, 0.29) is 6.73 Å². The van der Waals surface area contributed by atoms with Crippen LogP contribution in [0.15, 0.2) is 49.1 Å².